The van der Waals surface area contributed by atoms with Crippen molar-refractivity contribution in [1.82, 2.24) is 15.8 Å². The Hall–Kier alpha value is -3.72. The first-order valence-electron chi connectivity index (χ1n) is 14.4. The van der Waals surface area contributed by atoms with Gasteiger partial charge in [-0.05, 0) is 79.5 Å². The summed E-state index contributed by atoms with van der Waals surface area (Å²) in [7, 11) is 0. The lowest BCUT2D eigenvalue weighted by Crippen LogP contribution is -2.52. The van der Waals surface area contributed by atoms with Crippen LogP contribution < -0.4 is 22.4 Å². The van der Waals surface area contributed by atoms with Crippen molar-refractivity contribution in [2.75, 3.05) is 6.54 Å². The van der Waals surface area contributed by atoms with E-state index in [1.165, 1.54) is 18.4 Å². The van der Waals surface area contributed by atoms with Crippen LogP contribution in [-0.2, 0) is 4.79 Å². The van der Waals surface area contributed by atoms with E-state index in [-0.39, 0.29) is 30.2 Å². The summed E-state index contributed by atoms with van der Waals surface area (Å²) in [6.45, 7) is 6.73. The minimum Gasteiger partial charge on any atom is -0.384 e. The molecule has 1 aliphatic heterocycles. The monoisotopic (exact) mass is 543 g/mol. The molecule has 3 unspecified atom stereocenters. The van der Waals surface area contributed by atoms with E-state index in [0.29, 0.717) is 29.0 Å². The van der Waals surface area contributed by atoms with Gasteiger partial charge in [0.25, 0.3) is 11.8 Å². The Balaban J connectivity index is 1.43. The van der Waals surface area contributed by atoms with E-state index in [9.17, 15) is 9.59 Å². The Labute approximate surface area is 236 Å². The molecule has 3 aliphatic rings. The van der Waals surface area contributed by atoms with Crippen molar-refractivity contribution in [1.29, 1.82) is 0 Å². The number of hydrogen-bond donors (Lipinski definition) is 4. The summed E-state index contributed by atoms with van der Waals surface area (Å²) in [5.41, 5.74) is 11.5. The van der Waals surface area contributed by atoms with Crippen molar-refractivity contribution in [3.05, 3.63) is 70.8 Å². The maximum Gasteiger partial charge on any atom is 0.275 e. The molecule has 212 valence electrons. The summed E-state index contributed by atoms with van der Waals surface area (Å²) >= 11 is 0. The fourth-order valence-corrected chi connectivity index (χ4v) is 6.72. The molecular formula is C31H41N7O2. The number of carbonyl (C=O) groups is 2. The van der Waals surface area contributed by atoms with Crippen LogP contribution in [0.4, 0.5) is 0 Å². The quantitative estimate of drug-likeness (QED) is 0.164. The molecule has 2 amide bonds. The van der Waals surface area contributed by atoms with Crippen LogP contribution in [-0.4, -0.2) is 40.5 Å². The molecule has 2 aromatic carbocycles. The Morgan fingerprint density at radius 2 is 1.75 bits per heavy atom. The van der Waals surface area contributed by atoms with Gasteiger partial charge in [-0.25, -0.2) is 11.4 Å². The van der Waals surface area contributed by atoms with E-state index in [0.717, 1.165) is 36.8 Å². The van der Waals surface area contributed by atoms with Gasteiger partial charge in [0.1, 0.15) is 17.2 Å². The van der Waals surface area contributed by atoms with Crippen LogP contribution in [0.15, 0.2) is 58.6 Å². The highest BCUT2D eigenvalue weighted by molar-refractivity contribution is 6.46. The number of aliphatic imine (C=N–C) groups is 1. The molecule has 6 N–H and O–H groups in total. The van der Waals surface area contributed by atoms with Gasteiger partial charge in [-0.1, -0.05) is 57.2 Å². The smallest absolute Gasteiger partial charge is 0.275 e. The molecule has 9 nitrogen and oxygen atoms in total. The molecule has 0 saturated heterocycles. The number of nitrogens with one attached hydrogen (secondary N) is 2. The zero-order chi connectivity index (χ0) is 28.4. The first-order valence-corrected chi connectivity index (χ1v) is 14.4. The topological polar surface area (TPSA) is 138 Å². The van der Waals surface area contributed by atoms with E-state index in [1.54, 1.807) is 12.1 Å². The lowest BCUT2D eigenvalue weighted by atomic mass is 9.75. The summed E-state index contributed by atoms with van der Waals surface area (Å²) in [6.07, 6.45) is 6.08. The molecule has 9 heteroatoms. The van der Waals surface area contributed by atoms with Crippen molar-refractivity contribution in [2.45, 2.75) is 76.9 Å². The first kappa shape index (κ1) is 27.8. The van der Waals surface area contributed by atoms with Crippen molar-refractivity contribution in [2.24, 2.45) is 33.5 Å². The van der Waals surface area contributed by atoms with Crippen LogP contribution in [0.5, 0.6) is 0 Å². The van der Waals surface area contributed by atoms with Crippen LogP contribution in [0.3, 0.4) is 0 Å². The van der Waals surface area contributed by atoms with Crippen molar-refractivity contribution >= 4 is 23.4 Å². The summed E-state index contributed by atoms with van der Waals surface area (Å²) in [5.74, 6) is 6.63. The van der Waals surface area contributed by atoms with Crippen LogP contribution in [0, 0.1) is 11.8 Å². The highest BCUT2D eigenvalue weighted by Crippen LogP contribution is 2.48. The Kier molecular flexibility index (Phi) is 7.94. The van der Waals surface area contributed by atoms with Gasteiger partial charge in [0, 0.05) is 11.1 Å². The second-order valence-corrected chi connectivity index (χ2v) is 11.8. The van der Waals surface area contributed by atoms with Gasteiger partial charge in [0.2, 0.25) is 0 Å². The fourth-order valence-electron chi connectivity index (χ4n) is 6.72. The molecule has 0 bridgehead atoms. The molecule has 0 aromatic heterocycles. The molecule has 3 atom stereocenters. The van der Waals surface area contributed by atoms with Gasteiger partial charge >= 0.3 is 0 Å². The van der Waals surface area contributed by atoms with Gasteiger partial charge < -0.3 is 16.0 Å². The number of amides is 2. The number of nitrogens with two attached hydrogens (primary N) is 2. The molecular weight excluding hydrogens is 502 g/mol. The highest BCUT2D eigenvalue weighted by atomic mass is 16.2. The minimum atomic E-state index is -0.566. The minimum absolute atomic E-state index is 0.00239. The maximum absolute atomic E-state index is 14.3. The van der Waals surface area contributed by atoms with Gasteiger partial charge in [-0.15, -0.1) is 0 Å². The van der Waals surface area contributed by atoms with E-state index in [2.05, 4.69) is 65.9 Å². The molecule has 1 heterocycles. The first-order chi connectivity index (χ1) is 19.2. The molecule has 5 rings (SSSR count). The third-order valence-corrected chi connectivity index (χ3v) is 8.47. The van der Waals surface area contributed by atoms with E-state index < -0.39 is 5.66 Å². The number of hydrogen-bond acceptors (Lipinski definition) is 6. The predicted octanol–water partition coefficient (Wildman–Crippen LogP) is 3.96. The second kappa shape index (κ2) is 11.4. The van der Waals surface area contributed by atoms with Crippen molar-refractivity contribution < 1.29 is 9.59 Å². The summed E-state index contributed by atoms with van der Waals surface area (Å²) in [4.78, 5) is 34.3. The molecule has 2 aliphatic carbocycles. The van der Waals surface area contributed by atoms with Crippen molar-refractivity contribution in [3.63, 3.8) is 0 Å². The number of nitrogens with zero attached hydrogens (tertiary/aromatic N) is 3. The van der Waals surface area contributed by atoms with E-state index in [4.69, 9.17) is 16.6 Å². The summed E-state index contributed by atoms with van der Waals surface area (Å²) in [6, 6.07) is 15.8. The normalized spacial score (nSPS) is 25.6. The van der Waals surface area contributed by atoms with Crippen LogP contribution in [0.25, 0.3) is 0 Å². The van der Waals surface area contributed by atoms with Crippen LogP contribution >= 0.6 is 0 Å². The third kappa shape index (κ3) is 5.61. The third-order valence-electron chi connectivity index (χ3n) is 8.47. The SMILES string of the molecule is CCC(c1ccc(C(=O)NCC(N)=NNN)cc1)N1C(=O)C(c2ccc(C3CC3)cc2)=NC12CC(C)CC(C)C2. The Bertz CT molecular complexity index is 1290. The largest absolute Gasteiger partial charge is 0.384 e. The number of carbonyl (C=O) groups excluding carboxylic acids is 2. The van der Waals surface area contributed by atoms with E-state index >= 15 is 0 Å². The van der Waals surface area contributed by atoms with Gasteiger partial charge in [-0.2, -0.15) is 5.10 Å². The van der Waals surface area contributed by atoms with E-state index in [1.807, 2.05) is 12.1 Å². The average Bonchev–Trinajstić information content (AvgIpc) is 3.75. The van der Waals surface area contributed by atoms with Crippen LogP contribution in [0.2, 0.25) is 0 Å². The molecule has 2 saturated carbocycles. The molecule has 1 spiro atoms. The fraction of sp³-hybridized carbons (Fsp3) is 0.484. The number of rotatable bonds is 9. The summed E-state index contributed by atoms with van der Waals surface area (Å²) < 4.78 is 0. The van der Waals surface area contributed by atoms with Crippen LogP contribution in [0.1, 0.15) is 98.3 Å². The number of hydrazone groups is 1. The summed E-state index contributed by atoms with van der Waals surface area (Å²) in [5, 5.41) is 6.37. The Morgan fingerprint density at radius 1 is 1.10 bits per heavy atom. The van der Waals surface area contributed by atoms with Gasteiger partial charge in [0.15, 0.2) is 0 Å². The van der Waals surface area contributed by atoms with Gasteiger partial charge in [-0.3, -0.25) is 14.6 Å². The zero-order valence-corrected chi connectivity index (χ0v) is 23.7. The number of hydrazine groups is 1. The van der Waals surface area contributed by atoms with Crippen molar-refractivity contribution in [3.8, 4) is 0 Å². The molecule has 2 aromatic rings. The standard InChI is InChI=1S/C31H41N7O2/c1-4-26(23-9-13-25(14-10-23)29(39)34-18-27(32)36-37-33)38-30(40)28(24-11-7-22(8-12-24)21-5-6-21)35-31(38)16-19(2)15-20(3)17-31/h7-14,19-21,26,37H,4-6,15-18,33H2,1-3H3,(H2,32,36)(H,34,39). The number of amidine groups is 1. The highest BCUT2D eigenvalue weighted by Gasteiger charge is 2.52. The maximum atomic E-state index is 14.3. The zero-order valence-electron chi connectivity index (χ0n) is 23.7. The Morgan fingerprint density at radius 3 is 2.33 bits per heavy atom. The second-order valence-electron chi connectivity index (χ2n) is 11.8. The lowest BCUT2D eigenvalue weighted by Gasteiger charge is -2.47. The molecule has 2 fully saturated rings. The molecule has 0 radical (unpaired) electrons. The lowest BCUT2D eigenvalue weighted by molar-refractivity contribution is -0.134. The van der Waals surface area contributed by atoms with Gasteiger partial charge in [0.05, 0.1) is 12.6 Å². The average molecular weight is 544 g/mol. The number of benzene rings is 2. The molecule has 40 heavy (non-hydrogen) atoms. The predicted molar refractivity (Wildman–Crippen MR) is 157 cm³/mol.